The molecule has 0 aromatic heterocycles. The number of benzene rings is 2. The second kappa shape index (κ2) is 8.99. The Morgan fingerprint density at radius 2 is 1.65 bits per heavy atom. The molecule has 6 heteroatoms. The molecule has 0 bridgehead atoms. The largest absolute Gasteiger partial charge is 0.493 e. The average Bonchev–Trinajstić information content (AvgIpc) is 2.67. The van der Waals surface area contributed by atoms with Crippen molar-refractivity contribution in [1.29, 1.82) is 0 Å². The summed E-state index contributed by atoms with van der Waals surface area (Å²) in [6, 6.07) is 10.4. The number of carbonyl (C=O) groups is 1. The minimum Gasteiger partial charge on any atom is -0.493 e. The molecule has 0 saturated carbocycles. The molecule has 0 fully saturated rings. The molecule has 2 aromatic rings. The van der Waals surface area contributed by atoms with Gasteiger partial charge in [-0.15, -0.1) is 0 Å². The smallest absolute Gasteiger partial charge is 0.207 e. The molecule has 0 aliphatic heterocycles. The van der Waals surface area contributed by atoms with Crippen LogP contribution in [-0.2, 0) is 0 Å². The molecule has 0 radical (unpaired) electrons. The van der Waals surface area contributed by atoms with Crippen molar-refractivity contribution >= 4 is 11.5 Å². The van der Waals surface area contributed by atoms with Gasteiger partial charge < -0.3 is 24.7 Å². The first-order valence-electron chi connectivity index (χ1n) is 8.41. The van der Waals surface area contributed by atoms with Gasteiger partial charge in [-0.1, -0.05) is 25.5 Å². The van der Waals surface area contributed by atoms with Crippen LogP contribution in [0.25, 0.3) is 0 Å². The molecule has 0 saturated heterocycles. The summed E-state index contributed by atoms with van der Waals surface area (Å²) in [4.78, 5) is 13.2. The average molecular weight is 359 g/mol. The number of methoxy groups -OCH3 is 3. The maximum Gasteiger partial charge on any atom is 0.207 e. The van der Waals surface area contributed by atoms with E-state index >= 15 is 0 Å². The van der Waals surface area contributed by atoms with Gasteiger partial charge in [-0.05, 0) is 30.7 Å². The van der Waals surface area contributed by atoms with Crippen LogP contribution in [0.3, 0.4) is 0 Å². The van der Waals surface area contributed by atoms with E-state index in [4.69, 9.17) is 24.7 Å². The molecule has 1 atom stereocenters. The van der Waals surface area contributed by atoms with E-state index < -0.39 is 6.10 Å². The zero-order valence-electron chi connectivity index (χ0n) is 15.6. The number of para-hydroxylation sites is 2. The van der Waals surface area contributed by atoms with Crippen molar-refractivity contribution < 1.29 is 23.7 Å². The molecule has 26 heavy (non-hydrogen) atoms. The third-order valence-electron chi connectivity index (χ3n) is 4.00. The van der Waals surface area contributed by atoms with Gasteiger partial charge in [0.05, 0.1) is 32.6 Å². The molecule has 140 valence electrons. The fourth-order valence-electron chi connectivity index (χ4n) is 2.72. The number of carbonyl (C=O) groups excluding carboxylic acids is 1. The van der Waals surface area contributed by atoms with Gasteiger partial charge in [0.2, 0.25) is 11.5 Å². The summed E-state index contributed by atoms with van der Waals surface area (Å²) in [5, 5.41) is 0. The standard InChI is InChI=1S/C20H25NO5/c1-5-8-16(26-15-10-7-6-9-14(15)21)18(22)13-11-12-17(23-2)20(25-4)19(13)24-3/h6-7,9-12,16H,5,8,21H2,1-4H3. The van der Waals surface area contributed by atoms with Crippen molar-refractivity contribution in [2.45, 2.75) is 25.9 Å². The van der Waals surface area contributed by atoms with E-state index in [-0.39, 0.29) is 5.78 Å². The molecular weight excluding hydrogens is 334 g/mol. The van der Waals surface area contributed by atoms with Crippen molar-refractivity contribution in [3.63, 3.8) is 0 Å². The number of Topliss-reactive ketones (excluding diaryl/α,β-unsaturated/α-hetero) is 1. The van der Waals surface area contributed by atoms with Crippen molar-refractivity contribution in [3.8, 4) is 23.0 Å². The van der Waals surface area contributed by atoms with Crippen LogP contribution in [-0.4, -0.2) is 33.2 Å². The summed E-state index contributed by atoms with van der Waals surface area (Å²) >= 11 is 0. The van der Waals surface area contributed by atoms with Crippen LogP contribution in [0.5, 0.6) is 23.0 Å². The van der Waals surface area contributed by atoms with Gasteiger partial charge in [-0.25, -0.2) is 0 Å². The predicted molar refractivity (Wildman–Crippen MR) is 101 cm³/mol. The lowest BCUT2D eigenvalue weighted by atomic mass is 10.0. The summed E-state index contributed by atoms with van der Waals surface area (Å²) in [6.45, 7) is 1.99. The fourth-order valence-corrected chi connectivity index (χ4v) is 2.72. The lowest BCUT2D eigenvalue weighted by Gasteiger charge is -2.21. The summed E-state index contributed by atoms with van der Waals surface area (Å²) in [7, 11) is 4.51. The van der Waals surface area contributed by atoms with Gasteiger partial charge >= 0.3 is 0 Å². The zero-order chi connectivity index (χ0) is 19.1. The second-order valence-electron chi connectivity index (χ2n) is 5.68. The van der Waals surface area contributed by atoms with Crippen LogP contribution in [0.15, 0.2) is 36.4 Å². The monoisotopic (exact) mass is 359 g/mol. The minimum absolute atomic E-state index is 0.201. The predicted octanol–water partition coefficient (Wildman–Crippen LogP) is 3.73. The van der Waals surface area contributed by atoms with E-state index in [2.05, 4.69) is 0 Å². The number of ether oxygens (including phenoxy) is 4. The van der Waals surface area contributed by atoms with E-state index in [9.17, 15) is 4.79 Å². The first-order chi connectivity index (χ1) is 12.6. The molecule has 2 N–H and O–H groups in total. The number of ketones is 1. The van der Waals surface area contributed by atoms with Gasteiger partial charge in [-0.2, -0.15) is 0 Å². The van der Waals surface area contributed by atoms with Crippen LogP contribution in [0.2, 0.25) is 0 Å². The lowest BCUT2D eigenvalue weighted by Crippen LogP contribution is -2.28. The molecule has 0 aliphatic carbocycles. The highest BCUT2D eigenvalue weighted by molar-refractivity contribution is 6.03. The Hall–Kier alpha value is -2.89. The number of anilines is 1. The highest BCUT2D eigenvalue weighted by Crippen LogP contribution is 2.40. The maximum atomic E-state index is 13.2. The van der Waals surface area contributed by atoms with Gasteiger partial charge in [0.25, 0.3) is 0 Å². The van der Waals surface area contributed by atoms with E-state index in [1.807, 2.05) is 19.1 Å². The van der Waals surface area contributed by atoms with Crippen molar-refractivity contribution in [2.24, 2.45) is 0 Å². The Morgan fingerprint density at radius 3 is 2.23 bits per heavy atom. The number of hydrogen-bond donors (Lipinski definition) is 1. The van der Waals surface area contributed by atoms with Crippen LogP contribution in [0.4, 0.5) is 5.69 Å². The second-order valence-corrected chi connectivity index (χ2v) is 5.68. The van der Waals surface area contributed by atoms with E-state index in [0.29, 0.717) is 40.7 Å². The third kappa shape index (κ3) is 4.02. The molecule has 1 unspecified atom stereocenters. The topological polar surface area (TPSA) is 80.0 Å². The van der Waals surface area contributed by atoms with Crippen molar-refractivity contribution in [2.75, 3.05) is 27.1 Å². The van der Waals surface area contributed by atoms with Gasteiger partial charge in [0.1, 0.15) is 5.75 Å². The molecular formula is C20H25NO5. The van der Waals surface area contributed by atoms with Crippen LogP contribution >= 0.6 is 0 Å². The summed E-state index contributed by atoms with van der Waals surface area (Å²) in [5.41, 5.74) is 6.81. The van der Waals surface area contributed by atoms with Gasteiger partial charge in [0, 0.05) is 0 Å². The summed E-state index contributed by atoms with van der Waals surface area (Å²) in [6.07, 6.45) is 0.639. The van der Waals surface area contributed by atoms with E-state index in [1.54, 1.807) is 24.3 Å². The zero-order valence-corrected chi connectivity index (χ0v) is 15.6. The molecule has 2 rings (SSSR count). The third-order valence-corrected chi connectivity index (χ3v) is 4.00. The van der Waals surface area contributed by atoms with Crippen LogP contribution in [0.1, 0.15) is 30.1 Å². The summed E-state index contributed by atoms with van der Waals surface area (Å²) in [5.74, 6) is 1.46. The quantitative estimate of drug-likeness (QED) is 0.543. The van der Waals surface area contributed by atoms with E-state index in [0.717, 1.165) is 6.42 Å². The lowest BCUT2D eigenvalue weighted by molar-refractivity contribution is 0.0775. The first-order valence-corrected chi connectivity index (χ1v) is 8.41. The Balaban J connectivity index is 2.41. The Labute approximate surface area is 153 Å². The summed E-state index contributed by atoms with van der Waals surface area (Å²) < 4.78 is 22.0. The minimum atomic E-state index is -0.684. The van der Waals surface area contributed by atoms with Crippen molar-refractivity contribution in [1.82, 2.24) is 0 Å². The van der Waals surface area contributed by atoms with Gasteiger partial charge in [0.15, 0.2) is 17.6 Å². The molecule has 2 aromatic carbocycles. The number of hydrogen-bond acceptors (Lipinski definition) is 6. The van der Waals surface area contributed by atoms with E-state index in [1.165, 1.54) is 21.3 Å². The highest BCUT2D eigenvalue weighted by atomic mass is 16.5. The van der Waals surface area contributed by atoms with Gasteiger partial charge in [-0.3, -0.25) is 4.79 Å². The molecule has 0 heterocycles. The number of nitrogen functional groups attached to an aromatic ring is 1. The molecule has 0 aliphatic rings. The highest BCUT2D eigenvalue weighted by Gasteiger charge is 2.28. The first kappa shape index (κ1) is 19.4. The number of nitrogens with two attached hydrogens (primary N) is 1. The number of rotatable bonds is 9. The molecule has 6 nitrogen and oxygen atoms in total. The Bertz CT molecular complexity index is 760. The fraction of sp³-hybridized carbons (Fsp3) is 0.350. The Morgan fingerprint density at radius 1 is 0.962 bits per heavy atom. The maximum absolute atomic E-state index is 13.2. The van der Waals surface area contributed by atoms with Crippen LogP contribution in [0, 0.1) is 0 Å². The SMILES string of the molecule is CCCC(Oc1ccccc1N)C(=O)c1ccc(OC)c(OC)c1OC. The molecule has 0 amide bonds. The van der Waals surface area contributed by atoms with Crippen molar-refractivity contribution in [3.05, 3.63) is 42.0 Å². The molecule has 0 spiro atoms. The normalized spacial score (nSPS) is 11.5. The Kier molecular flexibility index (Phi) is 6.72. The van der Waals surface area contributed by atoms with Crippen LogP contribution < -0.4 is 24.7 Å².